The van der Waals surface area contributed by atoms with E-state index in [-0.39, 0.29) is 6.54 Å². The Morgan fingerprint density at radius 3 is 1.67 bits per heavy atom. The van der Waals surface area contributed by atoms with Gasteiger partial charge in [0.1, 0.15) is 6.10 Å². The van der Waals surface area contributed by atoms with E-state index in [0.29, 0.717) is 13.1 Å². The summed E-state index contributed by atoms with van der Waals surface area (Å²) in [5, 5.41) is 9.05. The Morgan fingerprint density at radius 2 is 1.22 bits per heavy atom. The summed E-state index contributed by atoms with van der Waals surface area (Å²) in [7, 11) is 0. The molecule has 1 aliphatic heterocycles. The van der Waals surface area contributed by atoms with Crippen LogP contribution in [0.3, 0.4) is 0 Å². The van der Waals surface area contributed by atoms with Gasteiger partial charge >= 0.3 is 17.9 Å². The fourth-order valence-corrected chi connectivity index (χ4v) is 6.03. The standard InChI is InChI=1S/C35H61N7O7/c1-3-5-7-9-11-13-15-17-19-21-24-37-34(45)48-30-28(27-39-41-36)47-32(42-26-23-29(43)40-33(42)44)31(30)49-35(46)38-25-22-20-18-16-14-12-10-8-6-4-2/h23,26,28,30-32H,3-22,24-25,27H2,1-2H3,(H,37,45)(H,38,46)(H,40,43,44)/t28-,30-,31-,32-/m1/s1. The van der Waals surface area contributed by atoms with Gasteiger partial charge in [0.05, 0.1) is 6.54 Å². The van der Waals surface area contributed by atoms with Gasteiger partial charge in [-0.05, 0) is 18.4 Å². The minimum atomic E-state index is -1.28. The van der Waals surface area contributed by atoms with Crippen LogP contribution >= 0.6 is 0 Å². The van der Waals surface area contributed by atoms with Crippen molar-refractivity contribution in [2.45, 2.75) is 167 Å². The first-order valence-electron chi connectivity index (χ1n) is 18.8. The van der Waals surface area contributed by atoms with Crippen LogP contribution in [0.2, 0.25) is 0 Å². The Hall–Kier alpha value is -3.51. The highest BCUT2D eigenvalue weighted by Crippen LogP contribution is 2.33. The van der Waals surface area contributed by atoms with Gasteiger partial charge in [0.2, 0.25) is 0 Å². The van der Waals surface area contributed by atoms with Crippen molar-refractivity contribution in [1.82, 2.24) is 20.2 Å². The smallest absolute Gasteiger partial charge is 0.407 e. The molecule has 1 aromatic heterocycles. The lowest BCUT2D eigenvalue weighted by molar-refractivity contribution is -0.0425. The van der Waals surface area contributed by atoms with E-state index in [4.69, 9.17) is 19.7 Å². The molecule has 2 rings (SSSR count). The molecule has 2 amide bonds. The lowest BCUT2D eigenvalue weighted by Gasteiger charge is -2.24. The number of ether oxygens (including phenoxy) is 3. The predicted octanol–water partition coefficient (Wildman–Crippen LogP) is 7.78. The number of carbonyl (C=O) groups excluding carboxylic acids is 2. The van der Waals surface area contributed by atoms with Crippen LogP contribution in [0, 0.1) is 0 Å². The maximum absolute atomic E-state index is 12.9. The maximum Gasteiger partial charge on any atom is 0.407 e. The largest absolute Gasteiger partial charge is 0.439 e. The third-order valence-electron chi connectivity index (χ3n) is 8.82. The maximum atomic E-state index is 12.9. The molecule has 1 aliphatic rings. The molecule has 14 heteroatoms. The summed E-state index contributed by atoms with van der Waals surface area (Å²) in [6.45, 7) is 4.97. The molecule has 278 valence electrons. The molecule has 0 aromatic carbocycles. The first-order chi connectivity index (χ1) is 23.9. The Kier molecular flexibility index (Phi) is 22.4. The van der Waals surface area contributed by atoms with Gasteiger partial charge in [-0.2, -0.15) is 0 Å². The number of unbranched alkanes of at least 4 members (excludes halogenated alkanes) is 18. The molecular formula is C35H61N7O7. The Morgan fingerprint density at radius 1 is 0.776 bits per heavy atom. The van der Waals surface area contributed by atoms with Gasteiger partial charge in [0, 0.05) is 30.3 Å². The van der Waals surface area contributed by atoms with Crippen LogP contribution in [0.15, 0.2) is 27.0 Å². The number of nitrogens with one attached hydrogen (secondary N) is 3. The summed E-state index contributed by atoms with van der Waals surface area (Å²) in [6.07, 6.45) is 18.2. The van der Waals surface area contributed by atoms with Gasteiger partial charge in [-0.25, -0.2) is 14.4 Å². The van der Waals surface area contributed by atoms with Crippen molar-refractivity contribution in [2.24, 2.45) is 5.11 Å². The molecule has 0 radical (unpaired) electrons. The highest BCUT2D eigenvalue weighted by atomic mass is 16.7. The quantitative estimate of drug-likeness (QED) is 0.0363. The molecule has 14 nitrogen and oxygen atoms in total. The van der Waals surface area contributed by atoms with Crippen LogP contribution in [0.4, 0.5) is 9.59 Å². The Balaban J connectivity index is 1.92. The van der Waals surface area contributed by atoms with Crippen LogP contribution in [0.25, 0.3) is 10.4 Å². The fourth-order valence-electron chi connectivity index (χ4n) is 6.03. The van der Waals surface area contributed by atoms with E-state index in [0.717, 1.165) is 49.2 Å². The van der Waals surface area contributed by atoms with E-state index in [1.807, 2.05) is 0 Å². The van der Waals surface area contributed by atoms with Crippen molar-refractivity contribution in [1.29, 1.82) is 0 Å². The van der Waals surface area contributed by atoms with Gasteiger partial charge in [0.15, 0.2) is 18.4 Å². The first kappa shape index (κ1) is 41.7. The number of H-pyrrole nitrogens is 1. The molecule has 2 heterocycles. The van der Waals surface area contributed by atoms with Crippen LogP contribution in [0.5, 0.6) is 0 Å². The number of hydrogen-bond donors (Lipinski definition) is 3. The van der Waals surface area contributed by atoms with Gasteiger partial charge in [0.25, 0.3) is 5.56 Å². The number of aromatic nitrogens is 2. The number of hydrogen-bond acceptors (Lipinski definition) is 8. The summed E-state index contributed by atoms with van der Waals surface area (Å²) in [6, 6.07) is 1.13. The molecule has 1 fully saturated rings. The first-order valence-corrected chi connectivity index (χ1v) is 18.8. The monoisotopic (exact) mass is 691 g/mol. The van der Waals surface area contributed by atoms with Crippen LogP contribution < -0.4 is 21.9 Å². The predicted molar refractivity (Wildman–Crippen MR) is 189 cm³/mol. The zero-order valence-corrected chi connectivity index (χ0v) is 29.9. The number of amides is 2. The average Bonchev–Trinajstić information content (AvgIpc) is 3.40. The SMILES string of the molecule is CCCCCCCCCCCCNC(=O)O[C@@H]1[C@H](OC(=O)NCCCCCCCCCCCC)[C@@H](CN=[N+]=[N-])O[C@H]1n1ccc(=O)[nH]c1=O. The average molecular weight is 692 g/mol. The molecule has 1 aromatic rings. The van der Waals surface area contributed by atoms with Crippen molar-refractivity contribution >= 4 is 12.2 Å². The minimum absolute atomic E-state index is 0.248. The summed E-state index contributed by atoms with van der Waals surface area (Å²) in [5.74, 6) is 0. The van der Waals surface area contributed by atoms with Crippen molar-refractivity contribution in [3.63, 3.8) is 0 Å². The van der Waals surface area contributed by atoms with E-state index in [1.54, 1.807) is 0 Å². The van der Waals surface area contributed by atoms with Crippen molar-refractivity contribution in [2.75, 3.05) is 19.6 Å². The molecule has 0 bridgehead atoms. The lowest BCUT2D eigenvalue weighted by Crippen LogP contribution is -2.45. The third kappa shape index (κ3) is 17.6. The number of carbonyl (C=O) groups is 2. The van der Waals surface area contributed by atoms with Crippen molar-refractivity contribution < 1.29 is 23.8 Å². The number of alkyl carbamates (subject to hydrolysis) is 2. The number of aromatic amines is 1. The normalized spacial score (nSPS) is 18.5. The van der Waals surface area contributed by atoms with Gasteiger partial charge in [-0.1, -0.05) is 135 Å². The summed E-state index contributed by atoms with van der Waals surface area (Å²) in [4.78, 5) is 55.2. The molecule has 49 heavy (non-hydrogen) atoms. The van der Waals surface area contributed by atoms with Gasteiger partial charge < -0.3 is 24.8 Å². The minimum Gasteiger partial charge on any atom is -0.439 e. The Labute approximate surface area is 291 Å². The number of rotatable bonds is 27. The van der Waals surface area contributed by atoms with Crippen LogP contribution in [-0.4, -0.2) is 59.7 Å². The van der Waals surface area contributed by atoms with E-state index >= 15 is 0 Å². The second kappa shape index (κ2) is 26.4. The summed E-state index contributed by atoms with van der Waals surface area (Å²) < 4.78 is 18.5. The topological polar surface area (TPSA) is 190 Å². The van der Waals surface area contributed by atoms with Crippen LogP contribution in [0.1, 0.15) is 148 Å². The highest BCUT2D eigenvalue weighted by molar-refractivity contribution is 5.68. The molecule has 1 saturated heterocycles. The van der Waals surface area contributed by atoms with Gasteiger partial charge in [-0.15, -0.1) is 0 Å². The second-order valence-corrected chi connectivity index (χ2v) is 13.0. The number of nitrogens with zero attached hydrogens (tertiary/aromatic N) is 4. The molecule has 3 N–H and O–H groups in total. The van der Waals surface area contributed by atoms with E-state index in [2.05, 4.69) is 39.5 Å². The molecule has 0 unspecified atom stereocenters. The molecular weight excluding hydrogens is 630 g/mol. The number of azide groups is 1. The van der Waals surface area contributed by atoms with Crippen molar-refractivity contribution in [3.05, 3.63) is 43.5 Å². The molecule has 0 saturated carbocycles. The molecule has 4 atom stereocenters. The third-order valence-corrected chi connectivity index (χ3v) is 8.82. The van der Waals surface area contributed by atoms with Gasteiger partial charge in [-0.3, -0.25) is 14.3 Å². The zero-order chi connectivity index (χ0) is 35.5. The Bertz CT molecular complexity index is 1220. The van der Waals surface area contributed by atoms with E-state index in [1.165, 1.54) is 96.1 Å². The van der Waals surface area contributed by atoms with Crippen molar-refractivity contribution in [3.8, 4) is 0 Å². The highest BCUT2D eigenvalue weighted by Gasteiger charge is 2.50. The summed E-state index contributed by atoms with van der Waals surface area (Å²) in [5.41, 5.74) is 7.54. The molecule has 0 spiro atoms. The zero-order valence-electron chi connectivity index (χ0n) is 29.9. The fraction of sp³-hybridized carbons (Fsp3) is 0.829. The van der Waals surface area contributed by atoms with E-state index < -0.39 is 48.0 Å². The van der Waals surface area contributed by atoms with Crippen LogP contribution in [-0.2, 0) is 14.2 Å². The lowest BCUT2D eigenvalue weighted by atomic mass is 10.1. The summed E-state index contributed by atoms with van der Waals surface area (Å²) >= 11 is 0. The van der Waals surface area contributed by atoms with E-state index in [9.17, 15) is 19.2 Å². The molecule has 0 aliphatic carbocycles. The second-order valence-electron chi connectivity index (χ2n) is 13.0.